The molecule has 0 amide bonds. The van der Waals surface area contributed by atoms with Crippen molar-refractivity contribution in [2.24, 2.45) is 0 Å². The molecule has 0 bridgehead atoms. The van der Waals surface area contributed by atoms with Crippen molar-refractivity contribution < 1.29 is 19.4 Å². The Labute approximate surface area is 84.4 Å². The normalized spacial score (nSPS) is 12.2. The zero-order valence-electron chi connectivity index (χ0n) is 6.75. The van der Waals surface area contributed by atoms with Gasteiger partial charge in [0.2, 0.25) is 0 Å². The summed E-state index contributed by atoms with van der Waals surface area (Å²) in [7, 11) is 0. The smallest absolute Gasteiger partial charge is 0.316 e. The van der Waals surface area contributed by atoms with E-state index in [-0.39, 0.29) is 16.8 Å². The number of aliphatic carboxylic acids is 1. The fourth-order valence-corrected chi connectivity index (χ4v) is 0.861. The highest BCUT2D eigenvalue weighted by Crippen LogP contribution is 2.04. The first kappa shape index (κ1) is 11.7. The lowest BCUT2D eigenvalue weighted by Crippen LogP contribution is -2.21. The van der Waals surface area contributed by atoms with E-state index in [0.29, 0.717) is 6.42 Å². The molecule has 0 saturated heterocycles. The van der Waals surface area contributed by atoms with E-state index in [0.717, 1.165) is 0 Å². The quantitative estimate of drug-likeness (QED) is 0.469. The van der Waals surface area contributed by atoms with Crippen LogP contribution in [-0.4, -0.2) is 27.6 Å². The molecule has 0 spiro atoms. The first-order chi connectivity index (χ1) is 5.60. The van der Waals surface area contributed by atoms with Gasteiger partial charge in [0, 0.05) is 0 Å². The Hall–Kier alpha value is -0.330. The zero-order chi connectivity index (χ0) is 9.56. The van der Waals surface area contributed by atoms with Crippen LogP contribution in [0.4, 0.5) is 0 Å². The highest BCUT2D eigenvalue weighted by Gasteiger charge is 2.14. The van der Waals surface area contributed by atoms with Crippen LogP contribution < -0.4 is 0 Å². The number of esters is 1. The van der Waals surface area contributed by atoms with Gasteiger partial charge < -0.3 is 9.84 Å². The monoisotopic (exact) mass is 286 g/mol. The lowest BCUT2D eigenvalue weighted by atomic mass is 10.2. The Kier molecular flexibility index (Phi) is 6.04. The molecule has 0 aliphatic carbocycles. The van der Waals surface area contributed by atoms with E-state index in [1.807, 2.05) is 22.6 Å². The van der Waals surface area contributed by atoms with Crippen LogP contribution in [0.1, 0.15) is 19.8 Å². The Balaban J connectivity index is 3.82. The molecule has 0 aliphatic rings. The fraction of sp³-hybridized carbons (Fsp3) is 0.714. The van der Waals surface area contributed by atoms with Crippen LogP contribution in [-0.2, 0) is 14.3 Å². The summed E-state index contributed by atoms with van der Waals surface area (Å²) in [4.78, 5) is 21.0. The highest BCUT2D eigenvalue weighted by molar-refractivity contribution is 14.1. The van der Waals surface area contributed by atoms with E-state index >= 15 is 0 Å². The lowest BCUT2D eigenvalue weighted by Gasteiger charge is -2.12. The summed E-state index contributed by atoms with van der Waals surface area (Å²) in [6, 6.07) is 0. The molecule has 70 valence electrons. The maximum Gasteiger partial charge on any atom is 0.316 e. The van der Waals surface area contributed by atoms with Gasteiger partial charge in [-0.2, -0.15) is 0 Å². The SMILES string of the molecule is CCC(CC(=O)O)OC(=O)CI. The molecule has 1 atom stereocenters. The molecule has 4 nitrogen and oxygen atoms in total. The molecule has 0 aromatic rings. The Morgan fingerprint density at radius 3 is 2.50 bits per heavy atom. The molecule has 0 heterocycles. The predicted octanol–water partition coefficient (Wildman–Crippen LogP) is 1.22. The Morgan fingerprint density at radius 1 is 1.58 bits per heavy atom. The number of hydrogen-bond donors (Lipinski definition) is 1. The Morgan fingerprint density at radius 2 is 2.17 bits per heavy atom. The molecule has 0 aliphatic heterocycles. The van der Waals surface area contributed by atoms with Crippen molar-refractivity contribution in [1.82, 2.24) is 0 Å². The van der Waals surface area contributed by atoms with Crippen molar-refractivity contribution in [1.29, 1.82) is 0 Å². The van der Waals surface area contributed by atoms with Crippen LogP contribution in [0, 0.1) is 0 Å². The zero-order valence-corrected chi connectivity index (χ0v) is 8.91. The number of rotatable bonds is 5. The summed E-state index contributed by atoms with van der Waals surface area (Å²) in [6.07, 6.45) is -0.0575. The fourth-order valence-electron chi connectivity index (χ4n) is 0.681. The Bertz CT molecular complexity index is 169. The van der Waals surface area contributed by atoms with Gasteiger partial charge in [0.1, 0.15) is 6.10 Å². The van der Waals surface area contributed by atoms with Crippen molar-refractivity contribution in [2.45, 2.75) is 25.9 Å². The van der Waals surface area contributed by atoms with Crippen molar-refractivity contribution in [3.8, 4) is 0 Å². The molecule has 0 fully saturated rings. The minimum Gasteiger partial charge on any atom is -0.481 e. The van der Waals surface area contributed by atoms with Gasteiger partial charge in [0.15, 0.2) is 0 Å². The number of hydrogen-bond acceptors (Lipinski definition) is 3. The lowest BCUT2D eigenvalue weighted by molar-refractivity contribution is -0.150. The number of carbonyl (C=O) groups is 2. The van der Waals surface area contributed by atoms with Crippen LogP contribution in [0.25, 0.3) is 0 Å². The van der Waals surface area contributed by atoms with Gasteiger partial charge in [0.05, 0.1) is 10.8 Å². The van der Waals surface area contributed by atoms with E-state index in [1.165, 1.54) is 0 Å². The average molecular weight is 286 g/mol. The molecular weight excluding hydrogens is 275 g/mol. The van der Waals surface area contributed by atoms with E-state index in [1.54, 1.807) is 6.92 Å². The number of alkyl halides is 1. The minimum atomic E-state index is -0.942. The van der Waals surface area contributed by atoms with Crippen LogP contribution in [0.15, 0.2) is 0 Å². The first-order valence-corrected chi connectivity index (χ1v) is 5.10. The number of halogens is 1. The molecule has 0 aromatic heterocycles. The van der Waals surface area contributed by atoms with Crippen molar-refractivity contribution in [2.75, 3.05) is 4.43 Å². The van der Waals surface area contributed by atoms with E-state index in [9.17, 15) is 9.59 Å². The second-order valence-electron chi connectivity index (χ2n) is 2.25. The number of carboxylic acid groups (broad SMARTS) is 1. The molecule has 5 heteroatoms. The van der Waals surface area contributed by atoms with Crippen LogP contribution >= 0.6 is 22.6 Å². The third kappa shape index (κ3) is 5.34. The molecular formula is C7H11IO4. The highest BCUT2D eigenvalue weighted by atomic mass is 127. The van der Waals surface area contributed by atoms with Crippen molar-refractivity contribution in [3.63, 3.8) is 0 Å². The van der Waals surface area contributed by atoms with Crippen LogP contribution in [0.2, 0.25) is 0 Å². The van der Waals surface area contributed by atoms with Gasteiger partial charge in [-0.15, -0.1) is 0 Å². The molecule has 1 unspecified atom stereocenters. The summed E-state index contributed by atoms with van der Waals surface area (Å²) < 4.78 is 5.09. The van der Waals surface area contributed by atoms with Crippen molar-refractivity contribution >= 4 is 34.5 Å². The topological polar surface area (TPSA) is 63.6 Å². The van der Waals surface area contributed by atoms with E-state index in [2.05, 4.69) is 0 Å². The van der Waals surface area contributed by atoms with Gasteiger partial charge in [-0.25, -0.2) is 0 Å². The van der Waals surface area contributed by atoms with Gasteiger partial charge in [-0.05, 0) is 6.42 Å². The third-order valence-electron chi connectivity index (χ3n) is 1.26. The number of ether oxygens (including phenoxy) is 1. The van der Waals surface area contributed by atoms with E-state index < -0.39 is 12.1 Å². The second kappa shape index (κ2) is 6.22. The standard InChI is InChI=1S/C7H11IO4/c1-2-5(3-6(9)10)12-7(11)4-8/h5H,2-4H2,1H3,(H,9,10). The summed E-state index contributed by atoms with van der Waals surface area (Å²) in [6.45, 7) is 1.79. The maximum absolute atomic E-state index is 10.7. The first-order valence-electron chi connectivity index (χ1n) is 3.57. The number of carbonyl (C=O) groups excluding carboxylic acids is 1. The summed E-state index contributed by atoms with van der Waals surface area (Å²) in [5, 5.41) is 8.41. The molecule has 0 aromatic carbocycles. The van der Waals surface area contributed by atoms with E-state index in [4.69, 9.17) is 9.84 Å². The molecule has 0 saturated carbocycles. The van der Waals surface area contributed by atoms with Gasteiger partial charge in [-0.1, -0.05) is 29.5 Å². The summed E-state index contributed by atoms with van der Waals surface area (Å²) in [5.41, 5.74) is 0. The average Bonchev–Trinajstić information content (AvgIpc) is 2.02. The maximum atomic E-state index is 10.7. The summed E-state index contributed by atoms with van der Waals surface area (Å²) in [5.74, 6) is -1.30. The third-order valence-corrected chi connectivity index (χ3v) is 1.89. The van der Waals surface area contributed by atoms with Crippen LogP contribution in [0.5, 0.6) is 0 Å². The molecule has 12 heavy (non-hydrogen) atoms. The van der Waals surface area contributed by atoms with Gasteiger partial charge in [-0.3, -0.25) is 9.59 Å². The second-order valence-corrected chi connectivity index (χ2v) is 3.01. The largest absolute Gasteiger partial charge is 0.481 e. The minimum absolute atomic E-state index is 0.112. The molecule has 0 rings (SSSR count). The van der Waals surface area contributed by atoms with Gasteiger partial charge >= 0.3 is 11.9 Å². The summed E-state index contributed by atoms with van der Waals surface area (Å²) >= 11 is 1.87. The number of carboxylic acids is 1. The predicted molar refractivity (Wildman–Crippen MR) is 51.3 cm³/mol. The molecule has 0 radical (unpaired) electrons. The molecule has 1 N–H and O–H groups in total. The van der Waals surface area contributed by atoms with Crippen molar-refractivity contribution in [3.05, 3.63) is 0 Å². The van der Waals surface area contributed by atoms with Crippen LogP contribution in [0.3, 0.4) is 0 Å². The van der Waals surface area contributed by atoms with Gasteiger partial charge in [0.25, 0.3) is 0 Å².